The number of imide groups is 1. The Kier molecular flexibility index (Phi) is 4.94. The van der Waals surface area contributed by atoms with E-state index < -0.39 is 0 Å². The second-order valence-corrected chi connectivity index (χ2v) is 6.21. The SMILES string of the molecule is O=C1c2ccccc2C(=O)N1CCCCOc1cccc(F)c1Br. The van der Waals surface area contributed by atoms with Crippen molar-refractivity contribution in [2.75, 3.05) is 13.2 Å². The number of benzene rings is 2. The molecule has 0 aromatic heterocycles. The summed E-state index contributed by atoms with van der Waals surface area (Å²) >= 11 is 3.14. The summed E-state index contributed by atoms with van der Waals surface area (Å²) in [6.07, 6.45) is 1.27. The summed E-state index contributed by atoms with van der Waals surface area (Å²) in [6.45, 7) is 0.727. The van der Waals surface area contributed by atoms with Crippen molar-refractivity contribution in [2.45, 2.75) is 12.8 Å². The van der Waals surface area contributed by atoms with E-state index in [-0.39, 0.29) is 17.6 Å². The Bertz CT molecular complexity index is 759. The Morgan fingerprint density at radius 3 is 2.29 bits per heavy atom. The quantitative estimate of drug-likeness (QED) is 0.551. The van der Waals surface area contributed by atoms with Gasteiger partial charge in [-0.15, -0.1) is 0 Å². The van der Waals surface area contributed by atoms with Gasteiger partial charge in [-0.3, -0.25) is 14.5 Å². The number of nitrogens with zero attached hydrogens (tertiary/aromatic N) is 1. The third kappa shape index (κ3) is 3.19. The molecule has 0 radical (unpaired) electrons. The van der Waals surface area contributed by atoms with Gasteiger partial charge >= 0.3 is 0 Å². The number of carbonyl (C=O) groups excluding carboxylic acids is 2. The molecule has 0 bridgehead atoms. The van der Waals surface area contributed by atoms with Crippen LogP contribution in [0.2, 0.25) is 0 Å². The second kappa shape index (κ2) is 7.13. The number of carbonyl (C=O) groups is 2. The van der Waals surface area contributed by atoms with Crippen LogP contribution in [-0.4, -0.2) is 29.9 Å². The molecule has 0 unspecified atom stereocenters. The van der Waals surface area contributed by atoms with Gasteiger partial charge in [-0.2, -0.15) is 0 Å². The summed E-state index contributed by atoms with van der Waals surface area (Å²) in [5.74, 6) is -0.428. The van der Waals surface area contributed by atoms with E-state index in [2.05, 4.69) is 15.9 Å². The number of unbranched alkanes of at least 4 members (excludes halogenated alkanes) is 1. The van der Waals surface area contributed by atoms with Gasteiger partial charge in [0.15, 0.2) is 0 Å². The molecule has 0 atom stereocenters. The van der Waals surface area contributed by atoms with Crippen LogP contribution in [0, 0.1) is 5.82 Å². The predicted octanol–water partition coefficient (Wildman–Crippen LogP) is 4.04. The van der Waals surface area contributed by atoms with E-state index >= 15 is 0 Å². The molecule has 4 nitrogen and oxygen atoms in total. The van der Waals surface area contributed by atoms with Gasteiger partial charge in [0.2, 0.25) is 0 Å². The second-order valence-electron chi connectivity index (χ2n) is 5.42. The van der Waals surface area contributed by atoms with E-state index in [0.29, 0.717) is 47.3 Å². The molecule has 2 amide bonds. The molecule has 3 rings (SSSR count). The monoisotopic (exact) mass is 391 g/mol. The lowest BCUT2D eigenvalue weighted by Crippen LogP contribution is -2.30. The number of fused-ring (bicyclic) bond motifs is 1. The Morgan fingerprint density at radius 1 is 0.958 bits per heavy atom. The fraction of sp³-hybridized carbons (Fsp3) is 0.222. The summed E-state index contributed by atoms with van der Waals surface area (Å²) in [6, 6.07) is 11.4. The van der Waals surface area contributed by atoms with Crippen molar-refractivity contribution in [1.82, 2.24) is 4.90 Å². The number of ether oxygens (including phenoxy) is 1. The van der Waals surface area contributed by atoms with E-state index in [1.165, 1.54) is 11.0 Å². The first kappa shape index (κ1) is 16.6. The van der Waals surface area contributed by atoms with E-state index in [9.17, 15) is 14.0 Å². The zero-order valence-corrected chi connectivity index (χ0v) is 14.4. The minimum absolute atomic E-state index is 0.246. The molecule has 0 N–H and O–H groups in total. The first-order chi connectivity index (χ1) is 11.6. The Balaban J connectivity index is 1.49. The van der Waals surface area contributed by atoms with Crippen LogP contribution in [0.5, 0.6) is 5.75 Å². The summed E-state index contributed by atoms with van der Waals surface area (Å²) in [4.78, 5) is 25.7. The fourth-order valence-corrected chi connectivity index (χ4v) is 2.97. The number of hydrogen-bond acceptors (Lipinski definition) is 3. The van der Waals surface area contributed by atoms with Crippen LogP contribution in [-0.2, 0) is 0 Å². The van der Waals surface area contributed by atoms with Crippen molar-refractivity contribution in [1.29, 1.82) is 0 Å². The molecule has 1 aliphatic rings. The van der Waals surface area contributed by atoms with Gasteiger partial charge < -0.3 is 4.74 Å². The van der Waals surface area contributed by atoms with Crippen molar-refractivity contribution in [3.05, 3.63) is 63.9 Å². The van der Waals surface area contributed by atoms with Crippen molar-refractivity contribution in [3.63, 3.8) is 0 Å². The molecule has 0 fully saturated rings. The van der Waals surface area contributed by atoms with Crippen molar-refractivity contribution in [3.8, 4) is 5.75 Å². The smallest absolute Gasteiger partial charge is 0.261 e. The number of rotatable bonds is 6. The highest BCUT2D eigenvalue weighted by Crippen LogP contribution is 2.27. The largest absolute Gasteiger partial charge is 0.492 e. The van der Waals surface area contributed by atoms with Gasteiger partial charge in [0, 0.05) is 6.54 Å². The predicted molar refractivity (Wildman–Crippen MR) is 90.6 cm³/mol. The average molecular weight is 392 g/mol. The van der Waals surface area contributed by atoms with Crippen LogP contribution in [0.15, 0.2) is 46.9 Å². The van der Waals surface area contributed by atoms with Gasteiger partial charge in [-0.05, 0) is 53.0 Å². The minimum atomic E-state index is -0.376. The molecule has 0 aliphatic carbocycles. The van der Waals surface area contributed by atoms with Crippen LogP contribution < -0.4 is 4.74 Å². The van der Waals surface area contributed by atoms with Gasteiger partial charge in [0.1, 0.15) is 11.6 Å². The van der Waals surface area contributed by atoms with Crippen molar-refractivity contribution >= 4 is 27.7 Å². The van der Waals surface area contributed by atoms with E-state index in [4.69, 9.17) is 4.74 Å². The Morgan fingerprint density at radius 2 is 1.62 bits per heavy atom. The highest BCUT2D eigenvalue weighted by atomic mass is 79.9. The van der Waals surface area contributed by atoms with E-state index in [0.717, 1.165) is 0 Å². The molecule has 0 saturated carbocycles. The lowest BCUT2D eigenvalue weighted by molar-refractivity contribution is 0.0649. The summed E-state index contributed by atoms with van der Waals surface area (Å²) in [5.41, 5.74) is 0.921. The summed E-state index contributed by atoms with van der Waals surface area (Å²) in [5, 5.41) is 0. The molecule has 0 saturated heterocycles. The van der Waals surface area contributed by atoms with Crippen LogP contribution in [0.25, 0.3) is 0 Å². The molecular formula is C18H15BrFNO3. The van der Waals surface area contributed by atoms with Gasteiger partial charge in [0.05, 0.1) is 22.2 Å². The van der Waals surface area contributed by atoms with Crippen molar-refractivity contribution < 1.29 is 18.7 Å². The van der Waals surface area contributed by atoms with Gasteiger partial charge in [0.25, 0.3) is 11.8 Å². The third-order valence-corrected chi connectivity index (χ3v) is 4.60. The molecule has 2 aromatic rings. The standard InChI is InChI=1S/C18H15BrFNO3/c19-16-14(20)8-5-9-15(16)24-11-4-3-10-21-17(22)12-6-1-2-7-13(12)18(21)23/h1-2,5-9H,3-4,10-11H2. The maximum absolute atomic E-state index is 13.4. The normalized spacial score (nSPS) is 13.3. The average Bonchev–Trinajstić information content (AvgIpc) is 2.83. The zero-order valence-electron chi connectivity index (χ0n) is 12.8. The molecule has 24 heavy (non-hydrogen) atoms. The van der Waals surface area contributed by atoms with Crippen LogP contribution in [0.4, 0.5) is 4.39 Å². The molecule has 1 heterocycles. The van der Waals surface area contributed by atoms with Crippen LogP contribution >= 0.6 is 15.9 Å². The van der Waals surface area contributed by atoms with E-state index in [1.54, 1.807) is 36.4 Å². The summed E-state index contributed by atoms with van der Waals surface area (Å²) in [7, 11) is 0. The van der Waals surface area contributed by atoms with E-state index in [1.807, 2.05) is 0 Å². The van der Waals surface area contributed by atoms with Gasteiger partial charge in [-0.25, -0.2) is 4.39 Å². The summed E-state index contributed by atoms with van der Waals surface area (Å²) < 4.78 is 19.2. The maximum Gasteiger partial charge on any atom is 0.261 e. The highest BCUT2D eigenvalue weighted by Gasteiger charge is 2.34. The topological polar surface area (TPSA) is 46.6 Å². The molecular weight excluding hydrogens is 377 g/mol. The molecule has 124 valence electrons. The highest BCUT2D eigenvalue weighted by molar-refractivity contribution is 9.10. The maximum atomic E-state index is 13.4. The van der Waals surface area contributed by atoms with Crippen LogP contribution in [0.1, 0.15) is 33.6 Å². The lowest BCUT2D eigenvalue weighted by Gasteiger charge is -2.14. The van der Waals surface area contributed by atoms with Gasteiger partial charge in [-0.1, -0.05) is 18.2 Å². The molecule has 2 aromatic carbocycles. The molecule has 6 heteroatoms. The third-order valence-electron chi connectivity index (χ3n) is 3.83. The number of amides is 2. The minimum Gasteiger partial charge on any atom is -0.492 e. The Hall–Kier alpha value is -2.21. The molecule has 1 aliphatic heterocycles. The van der Waals surface area contributed by atoms with Crippen molar-refractivity contribution in [2.24, 2.45) is 0 Å². The fourth-order valence-electron chi connectivity index (χ4n) is 2.59. The first-order valence-electron chi connectivity index (χ1n) is 7.61. The number of halogens is 2. The Labute approximate surface area is 147 Å². The number of hydrogen-bond donors (Lipinski definition) is 0. The lowest BCUT2D eigenvalue weighted by atomic mass is 10.1. The van der Waals surface area contributed by atoms with Crippen LogP contribution in [0.3, 0.4) is 0 Å². The first-order valence-corrected chi connectivity index (χ1v) is 8.41. The zero-order chi connectivity index (χ0) is 17.1. The molecule has 0 spiro atoms.